The molecule has 0 aliphatic carbocycles. The average Bonchev–Trinajstić information content (AvgIpc) is 2.67. The van der Waals surface area contributed by atoms with Gasteiger partial charge in [0.2, 0.25) is 0 Å². The van der Waals surface area contributed by atoms with Crippen molar-refractivity contribution < 1.29 is 14.3 Å². The van der Waals surface area contributed by atoms with Crippen LogP contribution in [-0.4, -0.2) is 68.6 Å². The highest BCUT2D eigenvalue weighted by molar-refractivity contribution is 5.89. The summed E-state index contributed by atoms with van der Waals surface area (Å²) >= 11 is 0. The van der Waals surface area contributed by atoms with E-state index in [0.717, 1.165) is 25.3 Å². The Balaban J connectivity index is 1.62. The monoisotopic (exact) mass is 390 g/mol. The van der Waals surface area contributed by atoms with Gasteiger partial charge in [0.25, 0.3) is 5.91 Å². The minimum absolute atomic E-state index is 0.0292. The molecule has 0 spiro atoms. The van der Waals surface area contributed by atoms with Crippen molar-refractivity contribution in [2.24, 2.45) is 5.92 Å². The van der Waals surface area contributed by atoms with Crippen LogP contribution in [0.5, 0.6) is 5.75 Å². The summed E-state index contributed by atoms with van der Waals surface area (Å²) in [4.78, 5) is 27.6. The van der Waals surface area contributed by atoms with Crippen LogP contribution < -0.4 is 15.4 Å². The summed E-state index contributed by atoms with van der Waals surface area (Å²) in [7, 11) is 3.36. The molecule has 0 radical (unpaired) electrons. The third kappa shape index (κ3) is 8.17. The molecule has 7 heteroatoms. The smallest absolute Gasteiger partial charge is 0.319 e. The molecule has 3 amide bonds. The lowest BCUT2D eigenvalue weighted by Gasteiger charge is -2.30. The van der Waals surface area contributed by atoms with Crippen molar-refractivity contribution >= 4 is 17.6 Å². The normalized spacial score (nSPS) is 15.1. The van der Waals surface area contributed by atoms with Crippen LogP contribution in [0.1, 0.15) is 32.6 Å². The minimum Gasteiger partial charge on any atom is -0.484 e. The number of hydrogen-bond acceptors (Lipinski definition) is 4. The van der Waals surface area contributed by atoms with Crippen molar-refractivity contribution in [3.8, 4) is 5.75 Å². The summed E-state index contributed by atoms with van der Waals surface area (Å²) < 4.78 is 5.46. The first-order valence-corrected chi connectivity index (χ1v) is 10.1. The van der Waals surface area contributed by atoms with Gasteiger partial charge in [0.05, 0.1) is 0 Å². The molecule has 156 valence electrons. The van der Waals surface area contributed by atoms with Gasteiger partial charge in [0, 0.05) is 32.4 Å². The molecule has 1 fully saturated rings. The van der Waals surface area contributed by atoms with E-state index in [0.29, 0.717) is 18.0 Å². The lowest BCUT2D eigenvalue weighted by molar-refractivity contribution is -0.130. The maximum absolute atomic E-state index is 12.0. The highest BCUT2D eigenvalue weighted by atomic mass is 16.5. The predicted molar refractivity (Wildman–Crippen MR) is 112 cm³/mol. The van der Waals surface area contributed by atoms with E-state index in [-0.39, 0.29) is 18.5 Å². The lowest BCUT2D eigenvalue weighted by Crippen LogP contribution is -2.34. The molecule has 0 atom stereocenters. The highest BCUT2D eigenvalue weighted by Crippen LogP contribution is 2.17. The molecule has 0 aromatic heterocycles. The minimum atomic E-state index is -0.228. The number of likely N-dealkylation sites (tertiary alicyclic amines) is 1. The van der Waals surface area contributed by atoms with Gasteiger partial charge in [-0.25, -0.2) is 4.79 Å². The number of unbranched alkanes of at least 4 members (excludes halogenated alkanes) is 1. The van der Waals surface area contributed by atoms with Crippen LogP contribution >= 0.6 is 0 Å². The van der Waals surface area contributed by atoms with Gasteiger partial charge in [-0.05, 0) is 63.4 Å². The zero-order valence-electron chi connectivity index (χ0n) is 17.4. The molecule has 2 rings (SSSR count). The summed E-state index contributed by atoms with van der Waals surface area (Å²) in [6.45, 7) is 6.47. The molecule has 0 unspecified atom stereocenters. The molecule has 1 aliphatic heterocycles. The summed E-state index contributed by atoms with van der Waals surface area (Å²) in [6.07, 6.45) is 4.66. The Morgan fingerprint density at radius 3 is 2.68 bits per heavy atom. The second-order valence-electron chi connectivity index (χ2n) is 7.72. The van der Waals surface area contributed by atoms with Crippen molar-refractivity contribution in [1.29, 1.82) is 0 Å². The number of likely N-dealkylation sites (N-methyl/N-ethyl adjacent to an activating group) is 1. The Hall–Kier alpha value is -2.28. The van der Waals surface area contributed by atoms with E-state index >= 15 is 0 Å². The second-order valence-corrected chi connectivity index (χ2v) is 7.72. The van der Waals surface area contributed by atoms with Crippen molar-refractivity contribution in [1.82, 2.24) is 15.1 Å². The Morgan fingerprint density at radius 2 is 1.96 bits per heavy atom. The molecular weight excluding hydrogens is 356 g/mol. The van der Waals surface area contributed by atoms with Crippen LogP contribution in [-0.2, 0) is 4.79 Å². The quantitative estimate of drug-likeness (QED) is 0.636. The Bertz CT molecular complexity index is 628. The molecule has 0 bridgehead atoms. The first-order chi connectivity index (χ1) is 13.4. The first-order valence-electron chi connectivity index (χ1n) is 10.1. The predicted octanol–water partition coefficient (Wildman–Crippen LogP) is 2.79. The van der Waals surface area contributed by atoms with Crippen LogP contribution in [0, 0.1) is 5.92 Å². The number of ether oxygens (including phenoxy) is 1. The molecule has 1 aliphatic rings. The van der Waals surface area contributed by atoms with Gasteiger partial charge in [0.15, 0.2) is 6.61 Å². The van der Waals surface area contributed by atoms with E-state index in [1.165, 1.54) is 30.8 Å². The number of nitrogens with zero attached hydrogens (tertiary/aromatic N) is 2. The van der Waals surface area contributed by atoms with Crippen molar-refractivity contribution in [3.05, 3.63) is 24.3 Å². The zero-order chi connectivity index (χ0) is 20.4. The van der Waals surface area contributed by atoms with E-state index in [4.69, 9.17) is 4.74 Å². The molecule has 1 heterocycles. The van der Waals surface area contributed by atoms with E-state index in [1.54, 1.807) is 38.4 Å². The topological polar surface area (TPSA) is 73.9 Å². The SMILES string of the molecule is CC1CCN(CCCCNC(=O)Nc2cccc(OCC(=O)N(C)C)c2)CC1. The summed E-state index contributed by atoms with van der Waals surface area (Å²) in [5.41, 5.74) is 0.634. The molecular formula is C21H34N4O3. The first kappa shape index (κ1) is 22.0. The van der Waals surface area contributed by atoms with Crippen LogP contribution in [0.2, 0.25) is 0 Å². The number of carbonyl (C=O) groups is 2. The van der Waals surface area contributed by atoms with E-state index in [1.807, 2.05) is 0 Å². The van der Waals surface area contributed by atoms with Gasteiger partial charge in [-0.2, -0.15) is 0 Å². The van der Waals surface area contributed by atoms with E-state index in [9.17, 15) is 9.59 Å². The molecule has 1 saturated heterocycles. The maximum atomic E-state index is 12.0. The van der Waals surface area contributed by atoms with Gasteiger partial charge in [-0.3, -0.25) is 4.79 Å². The van der Waals surface area contributed by atoms with Crippen molar-refractivity contribution in [2.75, 3.05) is 52.2 Å². The van der Waals surface area contributed by atoms with Crippen LogP contribution in [0.15, 0.2) is 24.3 Å². The molecule has 0 saturated carbocycles. The van der Waals surface area contributed by atoms with Crippen molar-refractivity contribution in [3.63, 3.8) is 0 Å². The van der Waals surface area contributed by atoms with Gasteiger partial charge < -0.3 is 25.2 Å². The summed E-state index contributed by atoms with van der Waals surface area (Å²) in [5, 5.41) is 5.69. The number of amides is 3. The number of anilines is 1. The van der Waals surface area contributed by atoms with Gasteiger partial charge in [0.1, 0.15) is 5.75 Å². The maximum Gasteiger partial charge on any atom is 0.319 e. The third-order valence-electron chi connectivity index (χ3n) is 5.02. The second kappa shape index (κ2) is 11.5. The molecule has 28 heavy (non-hydrogen) atoms. The molecule has 7 nitrogen and oxygen atoms in total. The van der Waals surface area contributed by atoms with Gasteiger partial charge >= 0.3 is 6.03 Å². The van der Waals surface area contributed by atoms with Crippen LogP contribution in [0.3, 0.4) is 0 Å². The fraction of sp³-hybridized carbons (Fsp3) is 0.619. The fourth-order valence-corrected chi connectivity index (χ4v) is 3.06. The van der Waals surface area contributed by atoms with E-state index in [2.05, 4.69) is 22.5 Å². The molecule has 1 aromatic carbocycles. The number of hydrogen-bond donors (Lipinski definition) is 2. The molecule has 1 aromatic rings. The van der Waals surface area contributed by atoms with Crippen molar-refractivity contribution in [2.45, 2.75) is 32.6 Å². The molecule has 2 N–H and O–H groups in total. The number of carbonyl (C=O) groups excluding carboxylic acids is 2. The Kier molecular flexibility index (Phi) is 9.07. The van der Waals surface area contributed by atoms with Crippen LogP contribution in [0.4, 0.5) is 10.5 Å². The Labute approximate surface area is 168 Å². The highest BCUT2D eigenvalue weighted by Gasteiger charge is 2.14. The lowest BCUT2D eigenvalue weighted by atomic mass is 9.99. The number of urea groups is 1. The number of nitrogens with one attached hydrogen (secondary N) is 2. The summed E-state index contributed by atoms with van der Waals surface area (Å²) in [6, 6.07) is 6.81. The largest absolute Gasteiger partial charge is 0.484 e. The fourth-order valence-electron chi connectivity index (χ4n) is 3.06. The number of rotatable bonds is 9. The zero-order valence-corrected chi connectivity index (χ0v) is 17.4. The number of piperidine rings is 1. The van der Waals surface area contributed by atoms with Gasteiger partial charge in [-0.15, -0.1) is 0 Å². The Morgan fingerprint density at radius 1 is 1.21 bits per heavy atom. The van der Waals surface area contributed by atoms with Crippen LogP contribution in [0.25, 0.3) is 0 Å². The summed E-state index contributed by atoms with van der Waals surface area (Å²) in [5.74, 6) is 1.29. The standard InChI is InChI=1S/C21H34N4O3/c1-17-9-13-25(14-10-17)12-5-4-11-22-21(27)23-18-7-6-8-19(15-18)28-16-20(26)24(2)3/h6-8,15,17H,4-5,9-14,16H2,1-3H3,(H2,22,23,27). The van der Waals surface area contributed by atoms with Gasteiger partial charge in [-0.1, -0.05) is 13.0 Å². The average molecular weight is 391 g/mol. The number of benzene rings is 1. The van der Waals surface area contributed by atoms with E-state index < -0.39 is 0 Å². The third-order valence-corrected chi connectivity index (χ3v) is 5.02.